The molecule has 2 N–H and O–H groups in total. The number of rotatable bonds is 5. The Morgan fingerprint density at radius 3 is 2.21 bits per heavy atom. The van der Waals surface area contributed by atoms with Gasteiger partial charge in [0.05, 0.1) is 12.6 Å². The van der Waals surface area contributed by atoms with Crippen LogP contribution in [0.1, 0.15) is 30.1 Å². The van der Waals surface area contributed by atoms with E-state index in [1.807, 2.05) is 54.6 Å². The van der Waals surface area contributed by atoms with Crippen molar-refractivity contribution in [3.05, 3.63) is 70.7 Å². The van der Waals surface area contributed by atoms with Crippen molar-refractivity contribution in [2.45, 2.75) is 19.0 Å². The van der Waals surface area contributed by atoms with Gasteiger partial charge in [-0.25, -0.2) is 0 Å². The number of hydrogen-bond acceptors (Lipinski definition) is 2. The first kappa shape index (κ1) is 14.1. The Morgan fingerprint density at radius 1 is 1.00 bits per heavy atom. The zero-order valence-corrected chi connectivity index (χ0v) is 11.6. The average Bonchev–Trinajstić information content (AvgIpc) is 2.46. The van der Waals surface area contributed by atoms with E-state index in [4.69, 9.17) is 11.6 Å². The van der Waals surface area contributed by atoms with Crippen molar-refractivity contribution < 1.29 is 5.11 Å². The summed E-state index contributed by atoms with van der Waals surface area (Å²) in [5.74, 6) is 0. The zero-order valence-electron chi connectivity index (χ0n) is 10.9. The highest BCUT2D eigenvalue weighted by molar-refractivity contribution is 6.30. The molecule has 19 heavy (non-hydrogen) atoms. The van der Waals surface area contributed by atoms with Crippen LogP contribution in [0.25, 0.3) is 0 Å². The predicted octanol–water partition coefficient (Wildman–Crippen LogP) is 3.72. The number of aliphatic hydroxyl groups excluding tert-OH is 1. The molecule has 0 fully saturated rings. The molecule has 3 heteroatoms. The van der Waals surface area contributed by atoms with Crippen LogP contribution >= 0.6 is 11.6 Å². The van der Waals surface area contributed by atoms with E-state index >= 15 is 0 Å². The molecule has 0 saturated carbocycles. The molecule has 0 aliphatic rings. The Bertz CT molecular complexity index is 498. The van der Waals surface area contributed by atoms with E-state index < -0.39 is 0 Å². The zero-order chi connectivity index (χ0) is 13.7. The van der Waals surface area contributed by atoms with Gasteiger partial charge in [-0.1, -0.05) is 54.1 Å². The van der Waals surface area contributed by atoms with Crippen LogP contribution in [-0.4, -0.2) is 11.7 Å². The van der Waals surface area contributed by atoms with E-state index in [0.29, 0.717) is 0 Å². The number of hydrogen-bond donors (Lipinski definition) is 2. The third kappa shape index (κ3) is 3.80. The van der Waals surface area contributed by atoms with Gasteiger partial charge in [-0.2, -0.15) is 0 Å². The van der Waals surface area contributed by atoms with Crippen LogP contribution in [0.4, 0.5) is 0 Å². The maximum atomic E-state index is 9.54. The van der Waals surface area contributed by atoms with E-state index in [1.54, 1.807) is 0 Å². The second-order valence-electron chi connectivity index (χ2n) is 4.59. The quantitative estimate of drug-likeness (QED) is 0.872. The second kappa shape index (κ2) is 6.71. The van der Waals surface area contributed by atoms with E-state index in [2.05, 4.69) is 12.2 Å². The molecule has 0 aliphatic heterocycles. The van der Waals surface area contributed by atoms with E-state index in [1.165, 1.54) is 0 Å². The Labute approximate surface area is 119 Å². The van der Waals surface area contributed by atoms with Gasteiger partial charge in [0.1, 0.15) is 0 Å². The molecule has 0 radical (unpaired) electrons. The molecule has 0 aliphatic carbocycles. The molecule has 2 aromatic carbocycles. The van der Waals surface area contributed by atoms with Crippen molar-refractivity contribution in [3.8, 4) is 0 Å². The highest BCUT2D eigenvalue weighted by Crippen LogP contribution is 2.20. The summed E-state index contributed by atoms with van der Waals surface area (Å²) in [6, 6.07) is 17.8. The molecular weight excluding hydrogens is 258 g/mol. The molecule has 100 valence electrons. The maximum Gasteiger partial charge on any atom is 0.0626 e. The van der Waals surface area contributed by atoms with Gasteiger partial charge in [0.2, 0.25) is 0 Å². The lowest BCUT2D eigenvalue weighted by Gasteiger charge is -2.22. The Kier molecular flexibility index (Phi) is 4.97. The lowest BCUT2D eigenvalue weighted by molar-refractivity contribution is 0.235. The standard InChI is InChI=1S/C16H18ClNO/c1-12(13-7-9-15(17)10-8-13)18-16(11-19)14-5-3-2-4-6-14/h2-10,12,16,18-19H,11H2,1H3/t12-,16+/m0/s1. The second-order valence-corrected chi connectivity index (χ2v) is 5.02. The van der Waals surface area contributed by atoms with Gasteiger partial charge in [0.15, 0.2) is 0 Å². The van der Waals surface area contributed by atoms with Crippen LogP contribution in [-0.2, 0) is 0 Å². The fraction of sp³-hybridized carbons (Fsp3) is 0.250. The van der Waals surface area contributed by atoms with Gasteiger partial charge in [-0.05, 0) is 30.2 Å². The van der Waals surface area contributed by atoms with Gasteiger partial charge >= 0.3 is 0 Å². The fourth-order valence-corrected chi connectivity index (χ4v) is 2.22. The number of benzene rings is 2. The first-order valence-electron chi connectivity index (χ1n) is 6.38. The molecule has 0 unspecified atom stereocenters. The maximum absolute atomic E-state index is 9.54. The predicted molar refractivity (Wildman–Crippen MR) is 79.3 cm³/mol. The summed E-state index contributed by atoms with van der Waals surface area (Å²) >= 11 is 5.88. The minimum absolute atomic E-state index is 0.0631. The average molecular weight is 276 g/mol. The summed E-state index contributed by atoms with van der Waals surface area (Å²) in [4.78, 5) is 0. The lowest BCUT2D eigenvalue weighted by Crippen LogP contribution is -2.27. The molecule has 2 nitrogen and oxygen atoms in total. The van der Waals surface area contributed by atoms with Crippen LogP contribution in [0.15, 0.2) is 54.6 Å². The molecule has 2 atom stereocenters. The van der Waals surface area contributed by atoms with Crippen molar-refractivity contribution in [2.75, 3.05) is 6.61 Å². The van der Waals surface area contributed by atoms with Crippen LogP contribution < -0.4 is 5.32 Å². The SMILES string of the molecule is C[C@H](N[C@H](CO)c1ccccc1)c1ccc(Cl)cc1. The van der Waals surface area contributed by atoms with Crippen molar-refractivity contribution in [1.82, 2.24) is 5.32 Å². The Balaban J connectivity index is 2.08. The van der Waals surface area contributed by atoms with E-state index in [9.17, 15) is 5.11 Å². The van der Waals surface area contributed by atoms with Gasteiger partial charge in [-0.15, -0.1) is 0 Å². The lowest BCUT2D eigenvalue weighted by atomic mass is 10.0. The molecule has 0 bridgehead atoms. The summed E-state index contributed by atoms with van der Waals surface area (Å²) in [7, 11) is 0. The van der Waals surface area contributed by atoms with Crippen molar-refractivity contribution in [1.29, 1.82) is 0 Å². The molecule has 2 rings (SSSR count). The first-order chi connectivity index (χ1) is 9.20. The highest BCUT2D eigenvalue weighted by atomic mass is 35.5. The summed E-state index contributed by atoms with van der Waals surface area (Å²) in [5, 5.41) is 13.7. The monoisotopic (exact) mass is 275 g/mol. The summed E-state index contributed by atoms with van der Waals surface area (Å²) in [5.41, 5.74) is 2.24. The number of aliphatic hydroxyl groups is 1. The molecule has 0 heterocycles. The third-order valence-corrected chi connectivity index (χ3v) is 3.46. The van der Waals surface area contributed by atoms with E-state index in [-0.39, 0.29) is 18.7 Å². The summed E-state index contributed by atoms with van der Waals surface area (Å²) in [6.45, 7) is 2.15. The summed E-state index contributed by atoms with van der Waals surface area (Å²) < 4.78 is 0. The normalized spacial score (nSPS) is 14.1. The molecular formula is C16H18ClNO. The van der Waals surface area contributed by atoms with E-state index in [0.717, 1.165) is 16.1 Å². The van der Waals surface area contributed by atoms with Crippen molar-refractivity contribution in [2.24, 2.45) is 0 Å². The number of halogens is 1. The van der Waals surface area contributed by atoms with Gasteiger partial charge < -0.3 is 10.4 Å². The van der Waals surface area contributed by atoms with Crippen LogP contribution in [0, 0.1) is 0 Å². The van der Waals surface area contributed by atoms with Crippen molar-refractivity contribution in [3.63, 3.8) is 0 Å². The Hall–Kier alpha value is -1.35. The topological polar surface area (TPSA) is 32.3 Å². The van der Waals surface area contributed by atoms with Gasteiger partial charge in [-0.3, -0.25) is 0 Å². The third-order valence-electron chi connectivity index (χ3n) is 3.21. The minimum atomic E-state index is -0.0631. The number of nitrogens with one attached hydrogen (secondary N) is 1. The molecule has 0 amide bonds. The van der Waals surface area contributed by atoms with Crippen LogP contribution in [0.2, 0.25) is 5.02 Å². The molecule has 0 saturated heterocycles. The van der Waals surface area contributed by atoms with Crippen molar-refractivity contribution >= 4 is 11.6 Å². The molecule has 2 aromatic rings. The highest BCUT2D eigenvalue weighted by Gasteiger charge is 2.14. The first-order valence-corrected chi connectivity index (χ1v) is 6.76. The summed E-state index contributed by atoms with van der Waals surface area (Å²) in [6.07, 6.45) is 0. The van der Waals surface area contributed by atoms with Crippen LogP contribution in [0.3, 0.4) is 0 Å². The smallest absolute Gasteiger partial charge is 0.0626 e. The fourth-order valence-electron chi connectivity index (χ4n) is 2.09. The minimum Gasteiger partial charge on any atom is -0.394 e. The largest absolute Gasteiger partial charge is 0.394 e. The molecule has 0 aromatic heterocycles. The Morgan fingerprint density at radius 2 is 1.63 bits per heavy atom. The molecule has 0 spiro atoms. The van der Waals surface area contributed by atoms with Gasteiger partial charge in [0, 0.05) is 11.1 Å². The van der Waals surface area contributed by atoms with Gasteiger partial charge in [0.25, 0.3) is 0 Å². The van der Waals surface area contributed by atoms with Crippen LogP contribution in [0.5, 0.6) is 0 Å².